The SMILES string of the molecule is CC1=C(C(=O)O)N2C(=O)C(NC(=O)CN(C(=O)OC(C)(C)C)c3ccc4cc(O)ccc4c3)[C@@H]2SC1. The maximum atomic E-state index is 13.0. The number of rotatable bonds is 5. The second kappa shape index (κ2) is 9.38. The third-order valence-electron chi connectivity index (χ3n) is 5.71. The molecule has 0 aliphatic carbocycles. The molecule has 0 aromatic heterocycles. The number of amides is 3. The van der Waals surface area contributed by atoms with E-state index >= 15 is 0 Å². The number of phenolic OH excluding ortho intramolecular Hbond substituents is 1. The van der Waals surface area contributed by atoms with Crippen LogP contribution in [0.25, 0.3) is 10.8 Å². The van der Waals surface area contributed by atoms with Crippen LogP contribution in [0.15, 0.2) is 47.7 Å². The van der Waals surface area contributed by atoms with Gasteiger partial charge in [0, 0.05) is 11.4 Å². The molecule has 2 aromatic carbocycles. The molecule has 2 heterocycles. The van der Waals surface area contributed by atoms with E-state index in [1.807, 2.05) is 0 Å². The van der Waals surface area contributed by atoms with Crippen LogP contribution in [-0.4, -0.2) is 68.3 Å². The fourth-order valence-corrected chi connectivity index (χ4v) is 5.40. The first kappa shape index (κ1) is 25.4. The number of carboxylic acids is 1. The van der Waals surface area contributed by atoms with Gasteiger partial charge in [-0.2, -0.15) is 0 Å². The van der Waals surface area contributed by atoms with Crippen LogP contribution in [0.1, 0.15) is 27.7 Å². The lowest BCUT2D eigenvalue weighted by atomic mass is 10.0. The number of hydrogen-bond donors (Lipinski definition) is 3. The molecule has 10 nitrogen and oxygen atoms in total. The largest absolute Gasteiger partial charge is 0.508 e. The maximum absolute atomic E-state index is 13.0. The Morgan fingerprint density at radius 1 is 1.17 bits per heavy atom. The first-order valence-corrected chi connectivity index (χ1v) is 12.3. The van der Waals surface area contributed by atoms with Gasteiger partial charge in [-0.3, -0.25) is 19.4 Å². The van der Waals surface area contributed by atoms with Crippen molar-refractivity contribution in [2.75, 3.05) is 17.2 Å². The minimum Gasteiger partial charge on any atom is -0.508 e. The number of ether oxygens (including phenoxy) is 1. The normalized spacial score (nSPS) is 19.4. The van der Waals surface area contributed by atoms with E-state index in [4.69, 9.17) is 4.74 Å². The van der Waals surface area contributed by atoms with E-state index in [1.165, 1.54) is 27.6 Å². The Balaban J connectivity index is 1.54. The maximum Gasteiger partial charge on any atom is 0.415 e. The van der Waals surface area contributed by atoms with Crippen molar-refractivity contribution in [3.8, 4) is 5.75 Å². The van der Waals surface area contributed by atoms with Gasteiger partial charge in [0.1, 0.15) is 35.0 Å². The molecule has 190 valence electrons. The van der Waals surface area contributed by atoms with Crippen LogP contribution in [0.5, 0.6) is 5.75 Å². The van der Waals surface area contributed by atoms with Crippen LogP contribution in [0.2, 0.25) is 0 Å². The number of β-lactam (4-membered cyclic amide) rings is 1. The van der Waals surface area contributed by atoms with Crippen molar-refractivity contribution in [2.24, 2.45) is 0 Å². The number of thioether (sulfide) groups is 1. The average Bonchev–Trinajstić information content (AvgIpc) is 2.79. The first-order chi connectivity index (χ1) is 16.9. The fourth-order valence-electron chi connectivity index (χ4n) is 4.10. The highest BCUT2D eigenvalue weighted by atomic mass is 32.2. The second-order valence-electron chi connectivity index (χ2n) is 9.67. The van der Waals surface area contributed by atoms with Gasteiger partial charge in [0.2, 0.25) is 5.91 Å². The summed E-state index contributed by atoms with van der Waals surface area (Å²) in [5, 5.41) is 22.8. The molecule has 1 fully saturated rings. The molecule has 1 unspecified atom stereocenters. The van der Waals surface area contributed by atoms with Gasteiger partial charge in [-0.25, -0.2) is 9.59 Å². The number of hydrogen-bond acceptors (Lipinski definition) is 7. The Bertz CT molecular complexity index is 1300. The summed E-state index contributed by atoms with van der Waals surface area (Å²) < 4.78 is 5.51. The van der Waals surface area contributed by atoms with Gasteiger partial charge in [0.25, 0.3) is 5.91 Å². The topological polar surface area (TPSA) is 136 Å². The lowest BCUT2D eigenvalue weighted by Crippen LogP contribution is -2.71. The molecule has 0 radical (unpaired) electrons. The van der Waals surface area contributed by atoms with Crippen LogP contribution < -0.4 is 10.2 Å². The Kier molecular flexibility index (Phi) is 6.61. The molecule has 3 amide bonds. The van der Waals surface area contributed by atoms with E-state index in [0.29, 0.717) is 17.0 Å². The van der Waals surface area contributed by atoms with Gasteiger partial charge in [-0.1, -0.05) is 12.1 Å². The first-order valence-electron chi connectivity index (χ1n) is 11.3. The van der Waals surface area contributed by atoms with E-state index in [0.717, 1.165) is 10.8 Å². The Labute approximate surface area is 211 Å². The third-order valence-corrected chi connectivity index (χ3v) is 7.14. The van der Waals surface area contributed by atoms with Gasteiger partial charge in [0.05, 0.1) is 0 Å². The van der Waals surface area contributed by atoms with E-state index in [1.54, 1.807) is 58.0 Å². The van der Waals surface area contributed by atoms with Crippen molar-refractivity contribution in [1.29, 1.82) is 0 Å². The van der Waals surface area contributed by atoms with Crippen LogP contribution >= 0.6 is 11.8 Å². The number of aromatic hydroxyl groups is 1. The molecule has 2 aliphatic heterocycles. The summed E-state index contributed by atoms with van der Waals surface area (Å²) in [5.74, 6) is -1.75. The van der Waals surface area contributed by atoms with Crippen molar-refractivity contribution in [1.82, 2.24) is 10.2 Å². The number of nitrogens with zero attached hydrogens (tertiary/aromatic N) is 2. The number of nitrogens with one attached hydrogen (secondary N) is 1. The highest BCUT2D eigenvalue weighted by Crippen LogP contribution is 2.40. The van der Waals surface area contributed by atoms with Crippen molar-refractivity contribution in [3.63, 3.8) is 0 Å². The molecular formula is C25H27N3O7S. The summed E-state index contributed by atoms with van der Waals surface area (Å²) in [7, 11) is 0. The molecule has 2 aliphatic rings. The number of carbonyl (C=O) groups excluding carboxylic acids is 3. The van der Waals surface area contributed by atoms with E-state index in [-0.39, 0.29) is 11.4 Å². The van der Waals surface area contributed by atoms with Crippen molar-refractivity contribution >= 4 is 52.1 Å². The Morgan fingerprint density at radius 2 is 1.83 bits per heavy atom. The Morgan fingerprint density at radius 3 is 2.50 bits per heavy atom. The minimum absolute atomic E-state index is 0.0492. The number of carbonyl (C=O) groups is 4. The van der Waals surface area contributed by atoms with Crippen molar-refractivity contribution < 1.29 is 34.1 Å². The predicted octanol–water partition coefficient (Wildman–Crippen LogP) is 3.05. The fraction of sp³-hybridized carbons (Fsp3) is 0.360. The second-order valence-corrected chi connectivity index (χ2v) is 10.8. The van der Waals surface area contributed by atoms with Crippen molar-refractivity contribution in [2.45, 2.75) is 44.7 Å². The zero-order valence-corrected chi connectivity index (χ0v) is 21.1. The summed E-state index contributed by atoms with van der Waals surface area (Å²) in [5.41, 5.74) is 0.127. The smallest absolute Gasteiger partial charge is 0.415 e. The molecule has 0 spiro atoms. The van der Waals surface area contributed by atoms with Gasteiger partial charge < -0.3 is 20.3 Å². The van der Waals surface area contributed by atoms with Gasteiger partial charge in [0.15, 0.2) is 0 Å². The zero-order valence-electron chi connectivity index (χ0n) is 20.3. The minimum atomic E-state index is -1.18. The summed E-state index contributed by atoms with van der Waals surface area (Å²) in [6.07, 6.45) is -0.740. The monoisotopic (exact) mass is 513 g/mol. The number of phenols is 1. The summed E-state index contributed by atoms with van der Waals surface area (Å²) in [6, 6.07) is 8.96. The van der Waals surface area contributed by atoms with Crippen molar-refractivity contribution in [3.05, 3.63) is 47.7 Å². The van der Waals surface area contributed by atoms with Gasteiger partial charge >= 0.3 is 12.1 Å². The highest BCUT2D eigenvalue weighted by molar-refractivity contribution is 8.00. The predicted molar refractivity (Wildman–Crippen MR) is 135 cm³/mol. The van der Waals surface area contributed by atoms with Crippen LogP contribution in [0, 0.1) is 0 Å². The zero-order chi connectivity index (χ0) is 26.4. The summed E-state index contributed by atoms with van der Waals surface area (Å²) in [4.78, 5) is 52.7. The number of carboxylic acid groups (broad SMARTS) is 1. The average molecular weight is 514 g/mol. The number of anilines is 1. The van der Waals surface area contributed by atoms with Gasteiger partial charge in [-0.05, 0) is 68.3 Å². The number of fused-ring (bicyclic) bond motifs is 2. The molecule has 0 saturated carbocycles. The lowest BCUT2D eigenvalue weighted by Gasteiger charge is -2.49. The molecule has 1 saturated heterocycles. The van der Waals surface area contributed by atoms with E-state index < -0.39 is 47.4 Å². The molecule has 4 rings (SSSR count). The quantitative estimate of drug-likeness (QED) is 0.519. The van der Waals surface area contributed by atoms with Crippen LogP contribution in [0.4, 0.5) is 10.5 Å². The standard InChI is InChI=1S/C25H27N3O7S/c1-13-12-36-22-19(21(31)28(22)20(13)23(32)33)26-18(30)11-27(24(34)35-25(2,3)4)16-7-5-15-10-17(29)8-6-14(15)9-16/h5-10,19,22,29H,11-12H2,1-4H3,(H,26,30)(H,32,33)/t19?,22-/m0/s1. The van der Waals surface area contributed by atoms with Crippen LogP contribution in [-0.2, 0) is 19.1 Å². The van der Waals surface area contributed by atoms with Crippen LogP contribution in [0.3, 0.4) is 0 Å². The Hall–Kier alpha value is -3.73. The third kappa shape index (κ3) is 4.97. The van der Waals surface area contributed by atoms with E-state index in [2.05, 4.69) is 5.32 Å². The molecule has 11 heteroatoms. The molecule has 36 heavy (non-hydrogen) atoms. The molecular weight excluding hydrogens is 486 g/mol. The molecule has 2 aromatic rings. The molecule has 2 atom stereocenters. The number of benzene rings is 2. The lowest BCUT2D eigenvalue weighted by molar-refractivity contribution is -0.150. The van der Waals surface area contributed by atoms with Gasteiger partial charge in [-0.15, -0.1) is 11.8 Å². The summed E-state index contributed by atoms with van der Waals surface area (Å²) >= 11 is 1.37. The molecule has 3 N–H and O–H groups in total. The summed E-state index contributed by atoms with van der Waals surface area (Å²) in [6.45, 7) is 6.38. The number of aliphatic carboxylic acids is 1. The van der Waals surface area contributed by atoms with E-state index in [9.17, 15) is 29.4 Å². The molecule has 0 bridgehead atoms. The highest BCUT2D eigenvalue weighted by Gasteiger charge is 2.53.